The molecule has 53 heavy (non-hydrogen) atoms. The average molecular weight is 787 g/mol. The second-order valence-electron chi connectivity index (χ2n) is 14.5. The van der Waals surface area contributed by atoms with Crippen LogP contribution < -0.4 is 20.4 Å². The minimum absolute atomic E-state index is 0.151. The van der Waals surface area contributed by atoms with Crippen LogP contribution in [-0.2, 0) is 27.4 Å². The van der Waals surface area contributed by atoms with Crippen LogP contribution in [0, 0.1) is 0 Å². The summed E-state index contributed by atoms with van der Waals surface area (Å²) >= 11 is 3.80. The molecule has 0 radical (unpaired) electrons. The van der Waals surface area contributed by atoms with Gasteiger partial charge in [0.15, 0.2) is 5.82 Å². The molecule has 3 fully saturated rings. The first-order valence-corrected chi connectivity index (χ1v) is 19.1. The van der Waals surface area contributed by atoms with E-state index in [9.17, 15) is 14.4 Å². The number of piperidine rings is 2. The summed E-state index contributed by atoms with van der Waals surface area (Å²) in [7, 11) is 1.77. The Morgan fingerprint density at radius 3 is 2.51 bits per heavy atom. The monoisotopic (exact) mass is 785 g/mol. The molecule has 1 atom stereocenters. The molecule has 3 saturated heterocycles. The summed E-state index contributed by atoms with van der Waals surface area (Å²) in [5.41, 5.74) is 3.61. The molecule has 8 rings (SSSR count). The summed E-state index contributed by atoms with van der Waals surface area (Å²) in [5, 5.41) is 11.9. The summed E-state index contributed by atoms with van der Waals surface area (Å²) in [5.74, 6) is 2.16. The van der Waals surface area contributed by atoms with E-state index < -0.39 is 11.9 Å². The molecule has 4 aromatic rings. The molecule has 4 aliphatic rings. The number of carbonyl (C=O) groups is 3. The molecular weight excluding hydrogens is 742 g/mol. The van der Waals surface area contributed by atoms with Gasteiger partial charge in [0.05, 0.1) is 17.0 Å². The minimum atomic E-state index is -0.634. The molecule has 3 amide bonds. The van der Waals surface area contributed by atoms with E-state index in [0.29, 0.717) is 36.1 Å². The minimum Gasteiger partial charge on any atom is -0.381 e. The highest BCUT2D eigenvalue weighted by Gasteiger charge is 2.40. The number of amides is 3. The van der Waals surface area contributed by atoms with Gasteiger partial charge in [-0.25, -0.2) is 9.97 Å². The van der Waals surface area contributed by atoms with Gasteiger partial charge >= 0.3 is 0 Å². The summed E-state index contributed by atoms with van der Waals surface area (Å²) in [6, 6.07) is 7.30. The second kappa shape index (κ2) is 14.6. The zero-order chi connectivity index (χ0) is 36.8. The molecule has 3 aromatic heterocycles. The van der Waals surface area contributed by atoms with Crippen LogP contribution in [0.3, 0.4) is 0 Å². The predicted octanol–water partition coefficient (Wildman–Crippen LogP) is 4.01. The third-order valence-corrected chi connectivity index (χ3v) is 11.8. The lowest BCUT2D eigenvalue weighted by molar-refractivity contribution is -0.136. The molecule has 1 unspecified atom stereocenters. The van der Waals surface area contributed by atoms with Crippen LogP contribution in [0.4, 0.5) is 23.4 Å². The lowest BCUT2D eigenvalue weighted by atomic mass is 10.0. The van der Waals surface area contributed by atoms with E-state index in [1.54, 1.807) is 18.2 Å². The smallest absolute Gasteiger partial charge is 0.255 e. The first kappa shape index (κ1) is 35.4. The van der Waals surface area contributed by atoms with E-state index in [0.717, 1.165) is 91.0 Å². The lowest BCUT2D eigenvalue weighted by Gasteiger charge is -2.35. The molecular formula is C37H44BrN11O4. The van der Waals surface area contributed by atoms with Gasteiger partial charge in [-0.3, -0.25) is 29.3 Å². The molecule has 0 saturated carbocycles. The summed E-state index contributed by atoms with van der Waals surface area (Å²) < 4.78 is 8.49. The molecule has 1 aromatic carbocycles. The van der Waals surface area contributed by atoms with Crippen molar-refractivity contribution >= 4 is 68.0 Å². The molecule has 0 aliphatic carbocycles. The number of imide groups is 1. The van der Waals surface area contributed by atoms with Gasteiger partial charge in [-0.1, -0.05) is 22.0 Å². The zero-order valence-electron chi connectivity index (χ0n) is 30.2. The van der Waals surface area contributed by atoms with Crippen molar-refractivity contribution < 1.29 is 19.1 Å². The predicted molar refractivity (Wildman–Crippen MR) is 203 cm³/mol. The lowest BCUT2D eigenvalue weighted by Crippen LogP contribution is -2.52. The van der Waals surface area contributed by atoms with E-state index in [1.165, 1.54) is 0 Å². The van der Waals surface area contributed by atoms with Crippen molar-refractivity contribution in [2.45, 2.75) is 70.8 Å². The topological polar surface area (TPSA) is 154 Å². The van der Waals surface area contributed by atoms with Crippen molar-refractivity contribution in [3.05, 3.63) is 57.8 Å². The van der Waals surface area contributed by atoms with Gasteiger partial charge in [0, 0.05) is 100 Å². The van der Waals surface area contributed by atoms with Crippen LogP contribution in [0.5, 0.6) is 0 Å². The van der Waals surface area contributed by atoms with Gasteiger partial charge in [0.2, 0.25) is 17.8 Å². The van der Waals surface area contributed by atoms with Gasteiger partial charge in [-0.15, -0.1) is 0 Å². The number of rotatable bonds is 9. The number of aromatic nitrogens is 5. The van der Waals surface area contributed by atoms with E-state index in [2.05, 4.69) is 64.8 Å². The average Bonchev–Trinajstić information content (AvgIpc) is 3.71. The van der Waals surface area contributed by atoms with Crippen molar-refractivity contribution in [1.29, 1.82) is 0 Å². The highest BCUT2D eigenvalue weighted by molar-refractivity contribution is 9.10. The number of carbonyl (C=O) groups excluding carboxylic acids is 3. The number of ether oxygens (including phenoxy) is 1. The van der Waals surface area contributed by atoms with Crippen LogP contribution in [0.25, 0.3) is 10.9 Å². The van der Waals surface area contributed by atoms with E-state index in [4.69, 9.17) is 19.8 Å². The fourth-order valence-electron chi connectivity index (χ4n) is 7.84. The number of methoxy groups -OCH3 is 1. The SMILES string of the molecule is COC1CCN(c2nccc(Nc3cc4c(cn3)c(N3CCN(Cc5ccc6c(c5Br)CN(C5CCC(=O)NC5=O)C6=O)CC3)nn4C(C)C)n2)CC1. The fourth-order valence-corrected chi connectivity index (χ4v) is 8.44. The van der Waals surface area contributed by atoms with Crippen molar-refractivity contribution in [2.24, 2.45) is 0 Å². The van der Waals surface area contributed by atoms with E-state index in [-0.39, 0.29) is 30.4 Å². The first-order valence-electron chi connectivity index (χ1n) is 18.3. The van der Waals surface area contributed by atoms with Gasteiger partial charge < -0.3 is 24.8 Å². The maximum atomic E-state index is 13.3. The molecule has 16 heteroatoms. The van der Waals surface area contributed by atoms with Crippen LogP contribution in [0.2, 0.25) is 0 Å². The maximum absolute atomic E-state index is 13.3. The molecule has 0 spiro atoms. The van der Waals surface area contributed by atoms with E-state index in [1.807, 2.05) is 30.5 Å². The zero-order valence-corrected chi connectivity index (χ0v) is 31.8. The Bertz CT molecular complexity index is 2060. The van der Waals surface area contributed by atoms with Crippen molar-refractivity contribution in [1.82, 2.24) is 39.8 Å². The fraction of sp³-hybridized carbons (Fsp3) is 0.486. The first-order chi connectivity index (χ1) is 25.7. The van der Waals surface area contributed by atoms with Crippen molar-refractivity contribution in [3.63, 3.8) is 0 Å². The number of halogens is 1. The number of hydrogen-bond acceptors (Lipinski definition) is 12. The van der Waals surface area contributed by atoms with Gasteiger partial charge in [-0.05, 0) is 56.4 Å². The Hall–Kier alpha value is -4.67. The quantitative estimate of drug-likeness (QED) is 0.236. The molecule has 15 nitrogen and oxygen atoms in total. The maximum Gasteiger partial charge on any atom is 0.255 e. The highest BCUT2D eigenvalue weighted by Crippen LogP contribution is 2.36. The van der Waals surface area contributed by atoms with Gasteiger partial charge in [0.25, 0.3) is 5.91 Å². The van der Waals surface area contributed by atoms with Crippen LogP contribution in [0.1, 0.15) is 67.1 Å². The summed E-state index contributed by atoms with van der Waals surface area (Å²) in [6.45, 7) is 10.3. The number of benzene rings is 1. The Balaban J connectivity index is 0.930. The summed E-state index contributed by atoms with van der Waals surface area (Å²) in [6.07, 6.45) is 6.47. The molecule has 7 heterocycles. The normalized spacial score (nSPS) is 20.1. The summed E-state index contributed by atoms with van der Waals surface area (Å²) in [4.78, 5) is 60.1. The number of pyridine rings is 1. The Kier molecular flexibility index (Phi) is 9.76. The standard InChI is InChI=1S/C37H44BrN11O4/c1-22(2)49-29-18-31(41-30-8-11-39-37(42-30)47-12-9-24(53-3)10-13-47)40-19-26(29)34(44-49)46-16-14-45(15-17-46)20-23-4-5-25-27(33(23)38)21-48(36(25)52)28-6-7-32(50)43-35(28)51/h4-5,8,11,18-19,22,24,28H,6-7,9-10,12-17,20-21H2,1-3H3,(H,43,50,51)(H,39,40,41,42). The van der Waals surface area contributed by atoms with Crippen molar-refractivity contribution in [3.8, 4) is 0 Å². The van der Waals surface area contributed by atoms with Crippen LogP contribution in [-0.4, -0.2) is 111 Å². The molecule has 2 N–H and O–H groups in total. The number of nitrogens with zero attached hydrogens (tertiary/aromatic N) is 9. The number of anilines is 4. The van der Waals surface area contributed by atoms with Crippen LogP contribution >= 0.6 is 15.9 Å². The third-order valence-electron chi connectivity index (χ3n) is 10.8. The Morgan fingerprint density at radius 1 is 0.981 bits per heavy atom. The molecule has 4 aliphatic heterocycles. The number of nitrogens with one attached hydrogen (secondary N) is 2. The van der Waals surface area contributed by atoms with Crippen LogP contribution in [0.15, 0.2) is 41.1 Å². The number of piperazine rings is 1. The van der Waals surface area contributed by atoms with E-state index >= 15 is 0 Å². The molecule has 0 bridgehead atoms. The Morgan fingerprint density at radius 2 is 1.77 bits per heavy atom. The Labute approximate surface area is 316 Å². The second-order valence-corrected chi connectivity index (χ2v) is 15.3. The molecule has 278 valence electrons. The largest absolute Gasteiger partial charge is 0.381 e. The van der Waals surface area contributed by atoms with Crippen molar-refractivity contribution in [2.75, 3.05) is 61.5 Å². The van der Waals surface area contributed by atoms with Gasteiger partial charge in [-0.2, -0.15) is 10.1 Å². The number of hydrogen-bond donors (Lipinski definition) is 2. The third kappa shape index (κ3) is 6.95. The van der Waals surface area contributed by atoms with Gasteiger partial charge in [0.1, 0.15) is 17.7 Å². The highest BCUT2D eigenvalue weighted by atomic mass is 79.9. The number of fused-ring (bicyclic) bond motifs is 2.